The Bertz CT molecular complexity index is 956. The molecule has 0 bridgehead atoms. The van der Waals surface area contributed by atoms with Gasteiger partial charge in [-0.05, 0) is 70.6 Å². The second-order valence-corrected chi connectivity index (χ2v) is 8.42. The molecular formula is C23H29N5O2. The number of hydrogen-bond acceptors (Lipinski definition) is 6. The number of rotatable bonds is 3. The molecule has 2 aromatic rings. The van der Waals surface area contributed by atoms with Gasteiger partial charge in [0.15, 0.2) is 6.10 Å². The molecule has 30 heavy (non-hydrogen) atoms. The van der Waals surface area contributed by atoms with E-state index in [0.29, 0.717) is 24.2 Å². The molecule has 158 valence electrons. The summed E-state index contributed by atoms with van der Waals surface area (Å²) < 4.78 is 6.02. The van der Waals surface area contributed by atoms with Crippen molar-refractivity contribution in [3.05, 3.63) is 36.0 Å². The predicted molar refractivity (Wildman–Crippen MR) is 116 cm³/mol. The van der Waals surface area contributed by atoms with Gasteiger partial charge in [-0.3, -0.25) is 9.78 Å². The van der Waals surface area contributed by atoms with E-state index in [1.807, 2.05) is 31.2 Å². The van der Waals surface area contributed by atoms with E-state index in [4.69, 9.17) is 4.74 Å². The highest BCUT2D eigenvalue weighted by Crippen LogP contribution is 2.30. The first kappa shape index (κ1) is 20.6. The van der Waals surface area contributed by atoms with Crippen molar-refractivity contribution in [2.24, 2.45) is 0 Å². The zero-order chi connectivity index (χ0) is 21.1. The third kappa shape index (κ3) is 4.40. The minimum Gasteiger partial charge on any atom is -0.365 e. The molecule has 2 saturated heterocycles. The predicted octanol–water partition coefficient (Wildman–Crippen LogP) is 2.30. The lowest BCUT2D eigenvalue weighted by atomic mass is 10.1. The SMILES string of the molecule is C[C@@H]1CN(c2ccc(C#N)c3ncccc23)C[C@H](C(=O)NC2CCCN(C)CC2)O1. The number of pyridine rings is 1. The number of ether oxygens (including phenoxy) is 1. The molecule has 0 radical (unpaired) electrons. The number of nitriles is 1. The molecule has 1 N–H and O–H groups in total. The van der Waals surface area contributed by atoms with Crippen molar-refractivity contribution in [3.8, 4) is 6.07 Å². The Morgan fingerprint density at radius 3 is 2.97 bits per heavy atom. The molecule has 1 unspecified atom stereocenters. The molecule has 2 fully saturated rings. The van der Waals surface area contributed by atoms with Crippen LogP contribution in [0.1, 0.15) is 31.7 Å². The van der Waals surface area contributed by atoms with Gasteiger partial charge in [0, 0.05) is 29.9 Å². The first-order valence-electron chi connectivity index (χ1n) is 10.7. The Balaban J connectivity index is 1.52. The van der Waals surface area contributed by atoms with Gasteiger partial charge in [0.05, 0.1) is 23.7 Å². The van der Waals surface area contributed by atoms with E-state index >= 15 is 0 Å². The van der Waals surface area contributed by atoms with Crippen LogP contribution < -0.4 is 10.2 Å². The Morgan fingerprint density at radius 2 is 2.13 bits per heavy atom. The maximum Gasteiger partial charge on any atom is 0.251 e. The molecule has 7 heteroatoms. The molecule has 3 heterocycles. The summed E-state index contributed by atoms with van der Waals surface area (Å²) in [6.45, 7) is 5.25. The number of amides is 1. The molecule has 2 aliphatic rings. The van der Waals surface area contributed by atoms with E-state index in [-0.39, 0.29) is 18.1 Å². The highest BCUT2D eigenvalue weighted by atomic mass is 16.5. The molecule has 7 nitrogen and oxygen atoms in total. The fourth-order valence-electron chi connectivity index (χ4n) is 4.49. The standard InChI is InChI=1S/C23H29N5O2/c1-16-14-28(20-8-7-17(13-24)22-19(20)6-3-10-25-22)15-21(30-16)23(29)26-18-5-4-11-27(2)12-9-18/h3,6-8,10,16,18,21H,4-5,9,11-12,14-15H2,1-2H3,(H,26,29)/t16-,18?,21-/m1/s1. The van der Waals surface area contributed by atoms with Crippen molar-refractivity contribution in [1.82, 2.24) is 15.2 Å². The lowest BCUT2D eigenvalue weighted by Crippen LogP contribution is -2.54. The molecule has 4 rings (SSSR count). The number of nitrogens with zero attached hydrogens (tertiary/aromatic N) is 4. The number of carbonyl (C=O) groups is 1. The van der Waals surface area contributed by atoms with Crippen LogP contribution in [0.4, 0.5) is 5.69 Å². The van der Waals surface area contributed by atoms with E-state index < -0.39 is 6.10 Å². The molecule has 1 amide bonds. The van der Waals surface area contributed by atoms with Crippen molar-refractivity contribution in [1.29, 1.82) is 5.26 Å². The Kier molecular flexibility index (Phi) is 6.16. The van der Waals surface area contributed by atoms with Crippen LogP contribution in [0, 0.1) is 11.3 Å². The minimum absolute atomic E-state index is 0.0304. The molecule has 2 aliphatic heterocycles. The second-order valence-electron chi connectivity index (χ2n) is 8.42. The number of fused-ring (bicyclic) bond motifs is 1. The van der Waals surface area contributed by atoms with Gasteiger partial charge in [0.25, 0.3) is 5.91 Å². The quantitative estimate of drug-likeness (QED) is 0.841. The molecule has 1 aromatic heterocycles. The number of carbonyl (C=O) groups excluding carboxylic acids is 1. The fraction of sp³-hybridized carbons (Fsp3) is 0.522. The van der Waals surface area contributed by atoms with E-state index in [2.05, 4.69) is 33.2 Å². The maximum absolute atomic E-state index is 13.0. The summed E-state index contributed by atoms with van der Waals surface area (Å²) in [5.74, 6) is -0.0304. The number of aromatic nitrogens is 1. The average molecular weight is 408 g/mol. The number of benzene rings is 1. The van der Waals surface area contributed by atoms with E-state index in [1.165, 1.54) is 0 Å². The van der Waals surface area contributed by atoms with Gasteiger partial charge in [0.1, 0.15) is 6.07 Å². The summed E-state index contributed by atoms with van der Waals surface area (Å²) in [6, 6.07) is 10.0. The van der Waals surface area contributed by atoms with Crippen LogP contribution in [-0.4, -0.2) is 67.3 Å². The van der Waals surface area contributed by atoms with Gasteiger partial charge in [0.2, 0.25) is 0 Å². The second kappa shape index (κ2) is 8.99. The van der Waals surface area contributed by atoms with Gasteiger partial charge in [-0.15, -0.1) is 0 Å². The first-order valence-corrected chi connectivity index (χ1v) is 10.7. The summed E-state index contributed by atoms with van der Waals surface area (Å²) in [5, 5.41) is 13.6. The molecule has 0 spiro atoms. The largest absolute Gasteiger partial charge is 0.365 e. The molecule has 3 atom stereocenters. The molecule has 0 saturated carbocycles. The van der Waals surface area contributed by atoms with Gasteiger partial charge in [-0.1, -0.05) is 0 Å². The normalized spacial score (nSPS) is 25.5. The number of nitrogens with one attached hydrogen (secondary N) is 1. The van der Waals surface area contributed by atoms with Crippen LogP contribution in [-0.2, 0) is 9.53 Å². The monoisotopic (exact) mass is 407 g/mol. The van der Waals surface area contributed by atoms with Crippen LogP contribution in [0.5, 0.6) is 0 Å². The highest BCUT2D eigenvalue weighted by Gasteiger charge is 2.32. The number of anilines is 1. The topological polar surface area (TPSA) is 81.5 Å². The summed E-state index contributed by atoms with van der Waals surface area (Å²) in [7, 11) is 2.13. The summed E-state index contributed by atoms with van der Waals surface area (Å²) in [4.78, 5) is 21.9. The average Bonchev–Trinajstić information content (AvgIpc) is 2.96. The minimum atomic E-state index is -0.517. The molecule has 1 aromatic carbocycles. The van der Waals surface area contributed by atoms with E-state index in [0.717, 1.165) is 43.4 Å². The highest BCUT2D eigenvalue weighted by molar-refractivity contribution is 5.95. The van der Waals surface area contributed by atoms with Crippen LogP contribution in [0.25, 0.3) is 10.9 Å². The Labute approximate surface area is 177 Å². The van der Waals surface area contributed by atoms with Gasteiger partial charge in [-0.2, -0.15) is 5.26 Å². The van der Waals surface area contributed by atoms with Crippen molar-refractivity contribution in [2.45, 2.75) is 44.4 Å². The molecule has 0 aliphatic carbocycles. The van der Waals surface area contributed by atoms with Crippen LogP contribution in [0.3, 0.4) is 0 Å². The zero-order valence-electron chi connectivity index (χ0n) is 17.7. The summed E-state index contributed by atoms with van der Waals surface area (Å²) in [6.07, 6.45) is 4.19. The lowest BCUT2D eigenvalue weighted by molar-refractivity contribution is -0.138. The van der Waals surface area contributed by atoms with E-state index in [1.54, 1.807) is 6.20 Å². The van der Waals surface area contributed by atoms with Crippen molar-refractivity contribution in [3.63, 3.8) is 0 Å². The lowest BCUT2D eigenvalue weighted by Gasteiger charge is -2.38. The van der Waals surface area contributed by atoms with Crippen LogP contribution in [0.15, 0.2) is 30.5 Å². The first-order chi connectivity index (χ1) is 14.5. The molecular weight excluding hydrogens is 378 g/mol. The summed E-state index contributed by atoms with van der Waals surface area (Å²) >= 11 is 0. The van der Waals surface area contributed by atoms with E-state index in [9.17, 15) is 10.1 Å². The maximum atomic E-state index is 13.0. The van der Waals surface area contributed by atoms with Crippen LogP contribution >= 0.6 is 0 Å². The number of hydrogen-bond donors (Lipinski definition) is 1. The van der Waals surface area contributed by atoms with Gasteiger partial charge in [-0.25, -0.2) is 0 Å². The Morgan fingerprint density at radius 1 is 1.27 bits per heavy atom. The van der Waals surface area contributed by atoms with Crippen molar-refractivity contribution in [2.75, 3.05) is 38.1 Å². The van der Waals surface area contributed by atoms with Crippen LogP contribution in [0.2, 0.25) is 0 Å². The number of morpholine rings is 1. The van der Waals surface area contributed by atoms with Gasteiger partial charge < -0.3 is 19.9 Å². The van der Waals surface area contributed by atoms with Gasteiger partial charge >= 0.3 is 0 Å². The fourth-order valence-corrected chi connectivity index (χ4v) is 4.49. The Hall–Kier alpha value is -2.69. The third-order valence-electron chi connectivity index (χ3n) is 6.06. The van der Waals surface area contributed by atoms with Crippen molar-refractivity contribution >= 4 is 22.5 Å². The summed E-state index contributed by atoms with van der Waals surface area (Å²) in [5.41, 5.74) is 2.24. The number of likely N-dealkylation sites (tertiary alicyclic amines) is 1. The smallest absolute Gasteiger partial charge is 0.251 e. The van der Waals surface area contributed by atoms with Crippen molar-refractivity contribution < 1.29 is 9.53 Å². The zero-order valence-corrected chi connectivity index (χ0v) is 17.7. The third-order valence-corrected chi connectivity index (χ3v) is 6.06.